The van der Waals surface area contributed by atoms with Crippen LogP contribution >= 0.6 is 23.2 Å². The minimum atomic E-state index is -0.168. The van der Waals surface area contributed by atoms with E-state index in [9.17, 15) is 10.0 Å². The van der Waals surface area contributed by atoms with Crippen LogP contribution in [0, 0.1) is 4.91 Å². The number of rotatable bonds is 4. The number of benzene rings is 2. The maximum absolute atomic E-state index is 11.3. The molecular weight excluding hydrogens is 385 g/mol. The van der Waals surface area contributed by atoms with Crippen LogP contribution in [0.25, 0.3) is 10.9 Å². The lowest BCUT2D eigenvalue weighted by atomic mass is 9.90. The summed E-state index contributed by atoms with van der Waals surface area (Å²) in [5.74, 6) is 0.288. The Morgan fingerprint density at radius 3 is 2.52 bits per heavy atom. The Hall–Kier alpha value is -2.08. The van der Waals surface area contributed by atoms with E-state index in [1.54, 1.807) is 22.8 Å². The van der Waals surface area contributed by atoms with Gasteiger partial charge in [0, 0.05) is 21.0 Å². The van der Waals surface area contributed by atoms with Gasteiger partial charge in [-0.3, -0.25) is 0 Å². The Labute approximate surface area is 166 Å². The molecule has 0 amide bonds. The molecule has 0 spiro atoms. The Balaban J connectivity index is 1.85. The highest BCUT2D eigenvalue weighted by Crippen LogP contribution is 2.41. The van der Waals surface area contributed by atoms with Crippen LogP contribution < -0.4 is 5.32 Å². The van der Waals surface area contributed by atoms with Crippen molar-refractivity contribution in [3.63, 3.8) is 0 Å². The Bertz CT molecular complexity index is 990. The van der Waals surface area contributed by atoms with Crippen molar-refractivity contribution in [3.05, 3.63) is 62.5 Å². The van der Waals surface area contributed by atoms with E-state index in [1.807, 2.05) is 18.2 Å². The second-order valence-corrected chi connectivity index (χ2v) is 7.67. The molecule has 0 bridgehead atoms. The number of aromatic nitrogens is 1. The number of nitrogens with one attached hydrogen (secondary N) is 1. The van der Waals surface area contributed by atoms with E-state index in [2.05, 4.69) is 10.5 Å². The molecule has 2 N–H and O–H groups in total. The van der Waals surface area contributed by atoms with Crippen LogP contribution in [-0.2, 0) is 6.54 Å². The third-order valence-corrected chi connectivity index (χ3v) is 6.02. The third kappa shape index (κ3) is 3.31. The molecule has 2 aromatic carbocycles. The zero-order chi connectivity index (χ0) is 19.0. The van der Waals surface area contributed by atoms with Crippen LogP contribution in [0.1, 0.15) is 29.9 Å². The number of piperidine rings is 1. The number of hydrogen-bond acceptors (Lipinski definition) is 4. The lowest BCUT2D eigenvalue weighted by Gasteiger charge is -2.23. The van der Waals surface area contributed by atoms with E-state index < -0.39 is 0 Å². The van der Waals surface area contributed by atoms with Crippen molar-refractivity contribution >= 4 is 39.8 Å². The van der Waals surface area contributed by atoms with Gasteiger partial charge in [0.2, 0.25) is 5.88 Å². The normalized spacial score (nSPS) is 15.3. The zero-order valence-electron chi connectivity index (χ0n) is 14.6. The van der Waals surface area contributed by atoms with Gasteiger partial charge in [-0.15, -0.1) is 4.91 Å². The average Bonchev–Trinajstić information content (AvgIpc) is 2.95. The standard InChI is InChI=1S/C20H19Cl2N3O2/c21-16-2-1-3-17(22)15(16)11-25-18-10-13(12-6-8-23-9-7-12)4-5-14(18)19(24-27)20(25)26/h1-5,10,12,23,26H,6-9,11H2. The Morgan fingerprint density at radius 1 is 1.15 bits per heavy atom. The van der Waals surface area contributed by atoms with Gasteiger partial charge in [-0.2, -0.15) is 0 Å². The molecule has 4 rings (SSSR count). The SMILES string of the molecule is O=Nc1c(O)n(Cc2c(Cl)cccc2Cl)c2cc(C3CCNCC3)ccc12. The lowest BCUT2D eigenvalue weighted by Crippen LogP contribution is -2.26. The second-order valence-electron chi connectivity index (χ2n) is 6.85. The van der Waals surface area contributed by atoms with Gasteiger partial charge in [-0.25, -0.2) is 0 Å². The van der Waals surface area contributed by atoms with Crippen LogP contribution in [0.15, 0.2) is 41.6 Å². The van der Waals surface area contributed by atoms with E-state index in [0.717, 1.165) is 31.4 Å². The number of aromatic hydroxyl groups is 1. The number of halogens is 2. The first kappa shape index (κ1) is 18.3. The van der Waals surface area contributed by atoms with E-state index in [4.69, 9.17) is 23.2 Å². The number of nitroso groups, excluding NO2 is 1. The van der Waals surface area contributed by atoms with Crippen LogP contribution in [0.2, 0.25) is 10.0 Å². The molecule has 0 radical (unpaired) electrons. The summed E-state index contributed by atoms with van der Waals surface area (Å²) < 4.78 is 1.66. The van der Waals surface area contributed by atoms with Crippen molar-refractivity contribution in [1.29, 1.82) is 0 Å². The predicted molar refractivity (Wildman–Crippen MR) is 109 cm³/mol. The van der Waals surface area contributed by atoms with E-state index in [0.29, 0.717) is 26.9 Å². The number of nitrogens with zero attached hydrogens (tertiary/aromatic N) is 2. The van der Waals surface area contributed by atoms with Crippen molar-refractivity contribution in [2.75, 3.05) is 13.1 Å². The first-order chi connectivity index (χ1) is 13.1. The highest BCUT2D eigenvalue weighted by Gasteiger charge is 2.22. The van der Waals surface area contributed by atoms with Gasteiger partial charge in [0.15, 0.2) is 5.69 Å². The van der Waals surface area contributed by atoms with Crippen molar-refractivity contribution < 1.29 is 5.11 Å². The smallest absolute Gasteiger partial charge is 0.222 e. The van der Waals surface area contributed by atoms with Crippen LogP contribution in [-0.4, -0.2) is 22.8 Å². The molecule has 1 aliphatic heterocycles. The Kier molecular flexibility index (Phi) is 5.08. The van der Waals surface area contributed by atoms with Gasteiger partial charge in [-0.05, 0) is 60.8 Å². The highest BCUT2D eigenvalue weighted by molar-refractivity contribution is 6.36. The fraction of sp³-hybridized carbons (Fsp3) is 0.300. The summed E-state index contributed by atoms with van der Waals surface area (Å²) in [6.45, 7) is 2.24. The van der Waals surface area contributed by atoms with E-state index in [-0.39, 0.29) is 18.1 Å². The van der Waals surface area contributed by atoms with Crippen LogP contribution in [0.4, 0.5) is 5.69 Å². The van der Waals surface area contributed by atoms with Gasteiger partial charge in [0.25, 0.3) is 0 Å². The van der Waals surface area contributed by atoms with Crippen molar-refractivity contribution in [2.24, 2.45) is 5.18 Å². The fourth-order valence-electron chi connectivity index (χ4n) is 3.84. The molecule has 0 unspecified atom stereocenters. The van der Waals surface area contributed by atoms with Crippen LogP contribution in [0.5, 0.6) is 5.88 Å². The van der Waals surface area contributed by atoms with Crippen LogP contribution in [0.3, 0.4) is 0 Å². The average molecular weight is 404 g/mol. The van der Waals surface area contributed by atoms with Crippen molar-refractivity contribution in [1.82, 2.24) is 9.88 Å². The molecule has 1 fully saturated rings. The molecule has 5 nitrogen and oxygen atoms in total. The maximum atomic E-state index is 11.3. The summed E-state index contributed by atoms with van der Waals surface area (Å²) in [6.07, 6.45) is 2.13. The monoisotopic (exact) mass is 403 g/mol. The minimum absolute atomic E-state index is 0.0463. The summed E-state index contributed by atoms with van der Waals surface area (Å²) in [7, 11) is 0. The number of fused-ring (bicyclic) bond motifs is 1. The molecule has 27 heavy (non-hydrogen) atoms. The third-order valence-electron chi connectivity index (χ3n) is 5.31. The Morgan fingerprint density at radius 2 is 1.85 bits per heavy atom. The van der Waals surface area contributed by atoms with Gasteiger partial charge in [0.05, 0.1) is 12.1 Å². The minimum Gasteiger partial charge on any atom is -0.493 e. The van der Waals surface area contributed by atoms with E-state index >= 15 is 0 Å². The second kappa shape index (κ2) is 7.50. The van der Waals surface area contributed by atoms with Crippen molar-refractivity contribution in [2.45, 2.75) is 25.3 Å². The molecule has 2 heterocycles. The fourth-order valence-corrected chi connectivity index (χ4v) is 4.35. The summed E-state index contributed by atoms with van der Waals surface area (Å²) in [5, 5.41) is 18.7. The van der Waals surface area contributed by atoms with E-state index in [1.165, 1.54) is 5.56 Å². The summed E-state index contributed by atoms with van der Waals surface area (Å²) in [4.78, 5) is 11.3. The molecule has 1 aliphatic rings. The summed E-state index contributed by atoms with van der Waals surface area (Å²) in [6, 6.07) is 11.2. The van der Waals surface area contributed by atoms with Gasteiger partial charge in [0.1, 0.15) is 0 Å². The predicted octanol–water partition coefficient (Wildman–Crippen LogP) is 5.57. The van der Waals surface area contributed by atoms with Gasteiger partial charge >= 0.3 is 0 Å². The highest BCUT2D eigenvalue weighted by atomic mass is 35.5. The molecule has 1 saturated heterocycles. The van der Waals surface area contributed by atoms with Crippen molar-refractivity contribution in [3.8, 4) is 5.88 Å². The molecule has 0 aliphatic carbocycles. The molecular formula is C20H19Cl2N3O2. The molecule has 7 heteroatoms. The largest absolute Gasteiger partial charge is 0.493 e. The zero-order valence-corrected chi connectivity index (χ0v) is 16.1. The molecule has 1 aromatic heterocycles. The first-order valence-corrected chi connectivity index (χ1v) is 9.68. The molecule has 0 saturated carbocycles. The lowest BCUT2D eigenvalue weighted by molar-refractivity contribution is 0.430. The number of hydrogen-bond donors (Lipinski definition) is 2. The van der Waals surface area contributed by atoms with Gasteiger partial charge < -0.3 is 15.0 Å². The summed E-state index contributed by atoms with van der Waals surface area (Å²) >= 11 is 12.6. The first-order valence-electron chi connectivity index (χ1n) is 8.92. The molecule has 3 aromatic rings. The topological polar surface area (TPSA) is 66.6 Å². The molecule has 0 atom stereocenters. The summed E-state index contributed by atoms with van der Waals surface area (Å²) in [5.41, 5.74) is 2.70. The van der Waals surface area contributed by atoms with Gasteiger partial charge in [-0.1, -0.05) is 41.4 Å². The quantitative estimate of drug-likeness (QED) is 0.559. The maximum Gasteiger partial charge on any atom is 0.222 e. The molecule has 140 valence electrons.